The van der Waals surface area contributed by atoms with Gasteiger partial charge in [-0.1, -0.05) is 12.8 Å². The lowest BCUT2D eigenvalue weighted by Gasteiger charge is -2.12. The van der Waals surface area contributed by atoms with Crippen molar-refractivity contribution in [2.24, 2.45) is 0 Å². The predicted molar refractivity (Wildman–Crippen MR) is 74.4 cm³/mol. The van der Waals surface area contributed by atoms with E-state index in [2.05, 4.69) is 15.3 Å². The Morgan fingerprint density at radius 3 is 2.60 bits per heavy atom. The van der Waals surface area contributed by atoms with Gasteiger partial charge in [-0.3, -0.25) is 0 Å². The molecule has 0 unspecified atom stereocenters. The molecule has 5 heteroatoms. The zero-order valence-corrected chi connectivity index (χ0v) is 11.1. The Morgan fingerprint density at radius 2 is 1.85 bits per heavy atom. The van der Waals surface area contributed by atoms with Crippen LogP contribution in [0.2, 0.25) is 0 Å². The van der Waals surface area contributed by atoms with E-state index in [0.717, 1.165) is 12.8 Å². The maximum absolute atomic E-state index is 12.8. The van der Waals surface area contributed by atoms with Gasteiger partial charge in [0, 0.05) is 18.3 Å². The lowest BCUT2D eigenvalue weighted by molar-refractivity contribution is 0.460. The van der Waals surface area contributed by atoms with E-state index in [4.69, 9.17) is 4.74 Å². The van der Waals surface area contributed by atoms with Gasteiger partial charge in [0.05, 0.1) is 0 Å². The van der Waals surface area contributed by atoms with E-state index in [1.807, 2.05) is 0 Å². The molecule has 3 rings (SSSR count). The molecule has 0 atom stereocenters. The maximum Gasteiger partial charge on any atom is 0.226 e. The summed E-state index contributed by atoms with van der Waals surface area (Å²) in [5, 5.41) is 3.31. The minimum atomic E-state index is -0.288. The van der Waals surface area contributed by atoms with Gasteiger partial charge in [0.25, 0.3) is 0 Å². The third kappa shape index (κ3) is 3.23. The Balaban J connectivity index is 1.68. The van der Waals surface area contributed by atoms with Crippen molar-refractivity contribution >= 4 is 5.95 Å². The van der Waals surface area contributed by atoms with E-state index in [9.17, 15) is 4.39 Å². The molecule has 2 aromatic rings. The molecule has 1 heterocycles. The summed E-state index contributed by atoms with van der Waals surface area (Å²) >= 11 is 0. The van der Waals surface area contributed by atoms with Gasteiger partial charge in [-0.25, -0.2) is 9.37 Å². The van der Waals surface area contributed by atoms with Gasteiger partial charge in [-0.2, -0.15) is 4.98 Å². The highest BCUT2D eigenvalue weighted by Gasteiger charge is 2.15. The van der Waals surface area contributed by atoms with Gasteiger partial charge < -0.3 is 10.1 Å². The second kappa shape index (κ2) is 5.86. The van der Waals surface area contributed by atoms with E-state index in [1.54, 1.807) is 24.4 Å². The molecule has 0 amide bonds. The molecule has 0 saturated heterocycles. The summed E-state index contributed by atoms with van der Waals surface area (Å²) in [5.41, 5.74) is 0. The first-order chi connectivity index (χ1) is 9.79. The molecule has 0 spiro atoms. The first-order valence-electron chi connectivity index (χ1n) is 6.82. The van der Waals surface area contributed by atoms with Crippen LogP contribution in [-0.4, -0.2) is 16.0 Å². The van der Waals surface area contributed by atoms with E-state index in [0.29, 0.717) is 23.6 Å². The van der Waals surface area contributed by atoms with Crippen LogP contribution < -0.4 is 10.1 Å². The summed E-state index contributed by atoms with van der Waals surface area (Å²) in [4.78, 5) is 8.51. The molecule has 1 aromatic heterocycles. The van der Waals surface area contributed by atoms with Gasteiger partial charge in [-0.15, -0.1) is 0 Å². The maximum atomic E-state index is 12.8. The molecular formula is C15H16FN3O. The largest absolute Gasteiger partial charge is 0.439 e. The molecule has 0 radical (unpaired) electrons. The normalized spacial score (nSPS) is 15.2. The minimum absolute atomic E-state index is 0.288. The van der Waals surface area contributed by atoms with E-state index < -0.39 is 0 Å². The Morgan fingerprint density at radius 1 is 1.10 bits per heavy atom. The summed E-state index contributed by atoms with van der Waals surface area (Å²) in [6.45, 7) is 0. The van der Waals surface area contributed by atoms with Crippen LogP contribution in [0.25, 0.3) is 0 Å². The fraction of sp³-hybridized carbons (Fsp3) is 0.333. The molecule has 1 aromatic carbocycles. The summed E-state index contributed by atoms with van der Waals surface area (Å²) in [5.74, 6) is 1.30. The molecule has 1 saturated carbocycles. The number of ether oxygens (including phenoxy) is 1. The Bertz CT molecular complexity index is 568. The van der Waals surface area contributed by atoms with Gasteiger partial charge in [-0.05, 0) is 37.1 Å². The summed E-state index contributed by atoms with van der Waals surface area (Å²) in [7, 11) is 0. The number of nitrogens with one attached hydrogen (secondary N) is 1. The molecule has 1 aliphatic rings. The van der Waals surface area contributed by atoms with Gasteiger partial charge in [0.2, 0.25) is 11.8 Å². The molecule has 1 aliphatic carbocycles. The zero-order valence-electron chi connectivity index (χ0n) is 11.1. The number of nitrogens with zero attached hydrogens (tertiary/aromatic N) is 2. The van der Waals surface area contributed by atoms with E-state index in [1.165, 1.54) is 25.0 Å². The molecule has 104 valence electrons. The third-order valence-electron chi connectivity index (χ3n) is 3.35. The third-order valence-corrected chi connectivity index (χ3v) is 3.35. The van der Waals surface area contributed by atoms with Crippen molar-refractivity contribution in [3.63, 3.8) is 0 Å². The summed E-state index contributed by atoms with van der Waals surface area (Å²) in [6.07, 6.45) is 6.48. The van der Waals surface area contributed by atoms with Crippen LogP contribution in [-0.2, 0) is 0 Å². The Hall–Kier alpha value is -2.17. The molecule has 0 bridgehead atoms. The smallest absolute Gasteiger partial charge is 0.226 e. The number of aromatic nitrogens is 2. The monoisotopic (exact) mass is 273 g/mol. The van der Waals surface area contributed by atoms with Crippen molar-refractivity contribution in [2.45, 2.75) is 31.7 Å². The fourth-order valence-corrected chi connectivity index (χ4v) is 2.34. The number of anilines is 1. The molecular weight excluding hydrogens is 257 g/mol. The van der Waals surface area contributed by atoms with Crippen molar-refractivity contribution in [3.8, 4) is 11.6 Å². The standard InChI is InChI=1S/C15H16FN3O/c16-11-5-7-13(8-6-11)20-14-9-10-17-15(19-14)18-12-3-1-2-4-12/h5-10,12H,1-4H2,(H,17,18,19). The topological polar surface area (TPSA) is 47.0 Å². The van der Waals surface area contributed by atoms with Crippen LogP contribution in [0.15, 0.2) is 36.5 Å². The SMILES string of the molecule is Fc1ccc(Oc2ccnc(NC3CCCC3)n2)cc1. The number of halogens is 1. The van der Waals surface area contributed by atoms with Crippen molar-refractivity contribution in [3.05, 3.63) is 42.3 Å². The molecule has 20 heavy (non-hydrogen) atoms. The lowest BCUT2D eigenvalue weighted by atomic mass is 10.2. The highest BCUT2D eigenvalue weighted by molar-refractivity contribution is 5.32. The number of rotatable bonds is 4. The minimum Gasteiger partial charge on any atom is -0.439 e. The average molecular weight is 273 g/mol. The lowest BCUT2D eigenvalue weighted by Crippen LogP contribution is -2.16. The second-order valence-electron chi connectivity index (χ2n) is 4.90. The quantitative estimate of drug-likeness (QED) is 0.921. The number of benzene rings is 1. The van der Waals surface area contributed by atoms with Crippen molar-refractivity contribution < 1.29 is 9.13 Å². The zero-order chi connectivity index (χ0) is 13.8. The first-order valence-corrected chi connectivity index (χ1v) is 6.82. The molecule has 1 N–H and O–H groups in total. The van der Waals surface area contributed by atoms with Crippen LogP contribution in [0.4, 0.5) is 10.3 Å². The number of hydrogen-bond donors (Lipinski definition) is 1. The van der Waals surface area contributed by atoms with Gasteiger partial charge in [0.15, 0.2) is 0 Å². The first kappa shape index (κ1) is 12.8. The molecule has 1 fully saturated rings. The second-order valence-corrected chi connectivity index (χ2v) is 4.90. The van der Waals surface area contributed by atoms with Crippen LogP contribution in [0.1, 0.15) is 25.7 Å². The van der Waals surface area contributed by atoms with Gasteiger partial charge >= 0.3 is 0 Å². The van der Waals surface area contributed by atoms with Crippen LogP contribution in [0.5, 0.6) is 11.6 Å². The van der Waals surface area contributed by atoms with E-state index in [-0.39, 0.29) is 5.82 Å². The van der Waals surface area contributed by atoms with Gasteiger partial charge in [0.1, 0.15) is 11.6 Å². The summed E-state index contributed by atoms with van der Waals surface area (Å²) in [6, 6.07) is 7.99. The Labute approximate surface area is 117 Å². The highest BCUT2D eigenvalue weighted by Crippen LogP contribution is 2.23. The molecule has 0 aliphatic heterocycles. The number of hydrogen-bond acceptors (Lipinski definition) is 4. The van der Waals surface area contributed by atoms with Crippen LogP contribution in [0, 0.1) is 5.82 Å². The van der Waals surface area contributed by atoms with Crippen molar-refractivity contribution in [1.82, 2.24) is 9.97 Å². The fourth-order valence-electron chi connectivity index (χ4n) is 2.34. The Kier molecular flexibility index (Phi) is 3.76. The highest BCUT2D eigenvalue weighted by atomic mass is 19.1. The van der Waals surface area contributed by atoms with Crippen molar-refractivity contribution in [2.75, 3.05) is 5.32 Å². The van der Waals surface area contributed by atoms with Crippen molar-refractivity contribution in [1.29, 1.82) is 0 Å². The molecule has 4 nitrogen and oxygen atoms in total. The van der Waals surface area contributed by atoms with Crippen LogP contribution in [0.3, 0.4) is 0 Å². The van der Waals surface area contributed by atoms with E-state index >= 15 is 0 Å². The van der Waals surface area contributed by atoms with Crippen LogP contribution >= 0.6 is 0 Å². The summed E-state index contributed by atoms with van der Waals surface area (Å²) < 4.78 is 18.4. The predicted octanol–water partition coefficient (Wildman–Crippen LogP) is 3.76. The average Bonchev–Trinajstić information content (AvgIpc) is 2.95.